The van der Waals surface area contributed by atoms with Crippen molar-refractivity contribution >= 4 is 26.9 Å². The number of esters is 1. The molecule has 0 aliphatic carbocycles. The second-order valence-electron chi connectivity index (χ2n) is 10.3. The molecule has 5 rings (SSSR count). The number of fused-ring (bicyclic) bond motifs is 1. The lowest BCUT2D eigenvalue weighted by atomic mass is 10.2. The zero-order valence-corrected chi connectivity index (χ0v) is 21.7. The summed E-state index contributed by atoms with van der Waals surface area (Å²) in [4.78, 5) is 15.5. The Morgan fingerprint density at radius 1 is 0.917 bits per heavy atom. The molecular formula is C29H30N2O4S. The van der Waals surface area contributed by atoms with Gasteiger partial charge in [0, 0.05) is 11.9 Å². The average molecular weight is 503 g/mol. The first-order chi connectivity index (χ1) is 17.1. The second-order valence-corrected chi connectivity index (χ2v) is 12.1. The van der Waals surface area contributed by atoms with E-state index >= 15 is 0 Å². The van der Waals surface area contributed by atoms with E-state index in [2.05, 4.69) is 0 Å². The third kappa shape index (κ3) is 4.56. The van der Waals surface area contributed by atoms with E-state index in [4.69, 9.17) is 4.74 Å². The van der Waals surface area contributed by atoms with Crippen LogP contribution in [0.2, 0.25) is 0 Å². The van der Waals surface area contributed by atoms with Gasteiger partial charge in [0.05, 0.1) is 22.1 Å². The van der Waals surface area contributed by atoms with Gasteiger partial charge in [0.25, 0.3) is 10.0 Å². The molecule has 0 bridgehead atoms. The predicted octanol–water partition coefficient (Wildman–Crippen LogP) is 5.45. The number of carbonyl (C=O) groups is 1. The number of hydrogen-bond donors (Lipinski definition) is 0. The number of nitrogens with zero attached hydrogens (tertiary/aromatic N) is 2. The van der Waals surface area contributed by atoms with Crippen molar-refractivity contribution in [2.24, 2.45) is 0 Å². The Morgan fingerprint density at radius 2 is 1.56 bits per heavy atom. The number of aryl methyl sites for hydroxylation is 1. The number of ether oxygens (including phenoxy) is 1. The minimum Gasteiger partial charge on any atom is -0.459 e. The zero-order valence-electron chi connectivity index (χ0n) is 20.9. The molecule has 1 aliphatic heterocycles. The number of rotatable bonds is 6. The molecule has 3 aromatic carbocycles. The van der Waals surface area contributed by atoms with Gasteiger partial charge in [-0.05, 0) is 57.5 Å². The van der Waals surface area contributed by atoms with Crippen LogP contribution >= 0.6 is 0 Å². The van der Waals surface area contributed by atoms with E-state index in [1.165, 1.54) is 3.97 Å². The summed E-state index contributed by atoms with van der Waals surface area (Å²) in [6.45, 7) is 7.93. The van der Waals surface area contributed by atoms with E-state index in [0.29, 0.717) is 17.8 Å². The van der Waals surface area contributed by atoms with Gasteiger partial charge in [-0.2, -0.15) is 0 Å². The molecule has 1 aliphatic rings. The molecule has 7 heteroatoms. The second kappa shape index (κ2) is 8.91. The van der Waals surface area contributed by atoms with E-state index in [9.17, 15) is 13.2 Å². The molecule has 0 amide bonds. The molecule has 1 unspecified atom stereocenters. The Balaban J connectivity index is 1.63. The molecule has 4 aromatic rings. The SMILES string of the molecule is Cc1ccc(S(=O)(=O)n2c([C@@H]3[C@H](C(=O)OC(C)(C)C)N3Cc3ccccc3)cc3ccccc32)cc1. The third-order valence-electron chi connectivity index (χ3n) is 6.34. The maximum Gasteiger partial charge on any atom is 0.325 e. The van der Waals surface area contributed by atoms with Crippen molar-refractivity contribution in [1.82, 2.24) is 8.87 Å². The topological polar surface area (TPSA) is 68.4 Å². The Morgan fingerprint density at radius 3 is 2.22 bits per heavy atom. The summed E-state index contributed by atoms with van der Waals surface area (Å²) >= 11 is 0. The van der Waals surface area contributed by atoms with Gasteiger partial charge in [0.2, 0.25) is 0 Å². The molecule has 3 atom stereocenters. The van der Waals surface area contributed by atoms with E-state index in [1.807, 2.05) is 87.2 Å². The Hall–Kier alpha value is -3.42. The fourth-order valence-corrected chi connectivity index (χ4v) is 6.22. The van der Waals surface area contributed by atoms with Crippen molar-refractivity contribution in [2.75, 3.05) is 0 Å². The van der Waals surface area contributed by atoms with Crippen LogP contribution in [-0.2, 0) is 26.1 Å². The monoisotopic (exact) mass is 502 g/mol. The maximum absolute atomic E-state index is 14.0. The molecule has 36 heavy (non-hydrogen) atoms. The summed E-state index contributed by atoms with van der Waals surface area (Å²) in [6, 6.07) is 25.0. The number of carbonyl (C=O) groups excluding carboxylic acids is 1. The standard InChI is InChI=1S/C29H30N2O4S/c1-20-14-16-23(17-15-20)36(33,34)31-24-13-9-8-12-22(24)18-25(31)26-27(28(32)35-29(2,3)4)30(26)19-21-10-6-5-7-11-21/h5-18,26-27H,19H2,1-4H3/t26-,27-,30?/m1/s1. The third-order valence-corrected chi connectivity index (χ3v) is 8.09. The van der Waals surface area contributed by atoms with Crippen LogP contribution in [0.1, 0.15) is 43.6 Å². The number of para-hydroxylation sites is 1. The lowest BCUT2D eigenvalue weighted by Gasteiger charge is -2.19. The first-order valence-electron chi connectivity index (χ1n) is 12.0. The molecule has 186 valence electrons. The van der Waals surface area contributed by atoms with Gasteiger partial charge in [-0.25, -0.2) is 12.4 Å². The fourth-order valence-electron chi connectivity index (χ4n) is 4.67. The van der Waals surface area contributed by atoms with Gasteiger partial charge in [-0.3, -0.25) is 9.69 Å². The molecule has 0 spiro atoms. The average Bonchev–Trinajstić information content (AvgIpc) is 3.38. The zero-order chi connectivity index (χ0) is 25.7. The van der Waals surface area contributed by atoms with E-state index < -0.39 is 27.7 Å². The van der Waals surface area contributed by atoms with Crippen molar-refractivity contribution in [3.63, 3.8) is 0 Å². The van der Waals surface area contributed by atoms with Crippen molar-refractivity contribution in [3.05, 3.63) is 102 Å². The first-order valence-corrected chi connectivity index (χ1v) is 13.5. The van der Waals surface area contributed by atoms with Crippen molar-refractivity contribution < 1.29 is 17.9 Å². The normalized spacial score (nSPS) is 19.8. The van der Waals surface area contributed by atoms with E-state index in [-0.39, 0.29) is 10.9 Å². The van der Waals surface area contributed by atoms with Crippen molar-refractivity contribution in [3.8, 4) is 0 Å². The molecule has 1 aromatic heterocycles. The van der Waals surface area contributed by atoms with Crippen LogP contribution in [0, 0.1) is 6.92 Å². The smallest absolute Gasteiger partial charge is 0.325 e. The number of benzene rings is 3. The van der Waals surface area contributed by atoms with Crippen molar-refractivity contribution in [2.45, 2.75) is 56.8 Å². The molecule has 0 radical (unpaired) electrons. The van der Waals surface area contributed by atoms with Gasteiger partial charge < -0.3 is 4.74 Å². The van der Waals surface area contributed by atoms with Gasteiger partial charge in [-0.15, -0.1) is 0 Å². The van der Waals surface area contributed by atoms with Gasteiger partial charge in [0.15, 0.2) is 0 Å². The van der Waals surface area contributed by atoms with E-state index in [1.54, 1.807) is 30.3 Å². The molecule has 0 N–H and O–H groups in total. The predicted molar refractivity (Wildman–Crippen MR) is 140 cm³/mol. The van der Waals surface area contributed by atoms with Crippen LogP contribution in [0.15, 0.2) is 89.8 Å². The summed E-state index contributed by atoms with van der Waals surface area (Å²) in [5.74, 6) is -0.354. The van der Waals surface area contributed by atoms with Crippen LogP contribution in [-0.4, -0.2) is 34.9 Å². The molecule has 1 saturated heterocycles. The van der Waals surface area contributed by atoms with Crippen LogP contribution in [0.25, 0.3) is 10.9 Å². The Kier molecular flexibility index (Phi) is 6.01. The highest BCUT2D eigenvalue weighted by atomic mass is 32.2. The first kappa shape index (κ1) is 24.3. The summed E-state index contributed by atoms with van der Waals surface area (Å²) in [6.07, 6.45) is 0. The van der Waals surface area contributed by atoms with Crippen LogP contribution in [0.3, 0.4) is 0 Å². The highest BCUT2D eigenvalue weighted by Crippen LogP contribution is 2.48. The quantitative estimate of drug-likeness (QED) is 0.259. The van der Waals surface area contributed by atoms with Crippen LogP contribution in [0.5, 0.6) is 0 Å². The molecule has 2 heterocycles. The Bertz CT molecular complexity index is 1520. The van der Waals surface area contributed by atoms with Gasteiger partial charge in [0.1, 0.15) is 11.6 Å². The van der Waals surface area contributed by atoms with Gasteiger partial charge in [-0.1, -0.05) is 66.2 Å². The minimum absolute atomic E-state index is 0.208. The summed E-state index contributed by atoms with van der Waals surface area (Å²) in [7, 11) is -3.92. The lowest BCUT2D eigenvalue weighted by molar-refractivity contribution is -0.155. The van der Waals surface area contributed by atoms with Crippen LogP contribution < -0.4 is 0 Å². The fraction of sp³-hybridized carbons (Fsp3) is 0.276. The molecule has 1 fully saturated rings. The number of hydrogen-bond acceptors (Lipinski definition) is 5. The lowest BCUT2D eigenvalue weighted by Crippen LogP contribution is -2.28. The summed E-state index contributed by atoms with van der Waals surface area (Å²) in [5.41, 5.74) is 2.51. The molecular weight excluding hydrogens is 472 g/mol. The Labute approximate surface area is 212 Å². The maximum atomic E-state index is 14.0. The molecule has 0 saturated carbocycles. The van der Waals surface area contributed by atoms with Crippen molar-refractivity contribution in [1.29, 1.82) is 0 Å². The van der Waals surface area contributed by atoms with Gasteiger partial charge >= 0.3 is 5.97 Å². The van der Waals surface area contributed by atoms with Crippen LogP contribution in [0.4, 0.5) is 0 Å². The number of aromatic nitrogens is 1. The highest BCUT2D eigenvalue weighted by Gasteiger charge is 2.57. The highest BCUT2D eigenvalue weighted by molar-refractivity contribution is 7.90. The largest absolute Gasteiger partial charge is 0.459 e. The molecule has 6 nitrogen and oxygen atoms in total. The minimum atomic E-state index is -3.92. The summed E-state index contributed by atoms with van der Waals surface area (Å²) < 4.78 is 35.1. The van der Waals surface area contributed by atoms with E-state index in [0.717, 1.165) is 16.5 Å². The summed E-state index contributed by atoms with van der Waals surface area (Å²) in [5, 5.41) is 0.803.